The van der Waals surface area contributed by atoms with Crippen LogP contribution in [0, 0.1) is 0 Å². The molecule has 0 saturated carbocycles. The summed E-state index contributed by atoms with van der Waals surface area (Å²) in [6.07, 6.45) is 4.66. The maximum absolute atomic E-state index is 12.4. The topological polar surface area (TPSA) is 92.2 Å². The molecule has 0 aliphatic carbocycles. The zero-order valence-electron chi connectivity index (χ0n) is 19.3. The van der Waals surface area contributed by atoms with Gasteiger partial charge in [-0.3, -0.25) is 9.59 Å². The smallest absolute Gasteiger partial charge is 0.240 e. The van der Waals surface area contributed by atoms with Crippen LogP contribution in [0.3, 0.4) is 0 Å². The summed E-state index contributed by atoms with van der Waals surface area (Å²) in [5.41, 5.74) is 2.32. The summed E-state index contributed by atoms with van der Waals surface area (Å²) in [6.45, 7) is 4.72. The number of thioether (sulfide) groups is 1. The lowest BCUT2D eigenvalue weighted by molar-refractivity contribution is -0.122. The fraction of sp³-hybridized carbons (Fsp3) is 0.360. The van der Waals surface area contributed by atoms with Crippen LogP contribution in [0.25, 0.3) is 0 Å². The van der Waals surface area contributed by atoms with Crippen molar-refractivity contribution in [2.45, 2.75) is 51.2 Å². The maximum atomic E-state index is 12.4. The van der Waals surface area contributed by atoms with Gasteiger partial charge in [-0.25, -0.2) is 0 Å². The predicted octanol–water partition coefficient (Wildman–Crippen LogP) is 5.75. The van der Waals surface area contributed by atoms with Gasteiger partial charge in [-0.1, -0.05) is 66.0 Å². The molecule has 1 aliphatic rings. The normalized spacial score (nSPS) is 17.0. The zero-order valence-corrected chi connectivity index (χ0v) is 21.7. The quantitative estimate of drug-likeness (QED) is 0.214. The van der Waals surface area contributed by atoms with Crippen LogP contribution in [-0.2, 0) is 9.59 Å². The van der Waals surface area contributed by atoms with Crippen molar-refractivity contribution in [1.29, 1.82) is 0 Å². The largest absolute Gasteiger partial charge is 0.494 e. The number of rotatable bonds is 11. The molecule has 1 saturated heterocycles. The van der Waals surface area contributed by atoms with Crippen LogP contribution in [0.5, 0.6) is 5.75 Å². The summed E-state index contributed by atoms with van der Waals surface area (Å²) in [5.74, 6) is 0.291. The minimum Gasteiger partial charge on any atom is -0.494 e. The number of anilines is 1. The van der Waals surface area contributed by atoms with Gasteiger partial charge in [0.2, 0.25) is 11.8 Å². The average molecular weight is 546 g/mol. The average Bonchev–Trinajstić information content (AvgIpc) is 3.17. The maximum Gasteiger partial charge on any atom is 0.240 e. The Kier molecular flexibility index (Phi) is 10.2. The van der Waals surface area contributed by atoms with Crippen molar-refractivity contribution >= 4 is 56.1 Å². The highest BCUT2D eigenvalue weighted by Gasteiger charge is 2.32. The van der Waals surface area contributed by atoms with E-state index >= 15 is 0 Å². The van der Waals surface area contributed by atoms with E-state index in [1.807, 2.05) is 43.3 Å². The van der Waals surface area contributed by atoms with Crippen molar-refractivity contribution < 1.29 is 14.3 Å². The zero-order chi connectivity index (χ0) is 24.3. The van der Waals surface area contributed by atoms with E-state index in [9.17, 15) is 9.59 Å². The molecule has 2 N–H and O–H groups in total. The van der Waals surface area contributed by atoms with Crippen LogP contribution < -0.4 is 15.4 Å². The molecule has 0 aromatic heterocycles. The number of halogens is 1. The monoisotopic (exact) mass is 544 g/mol. The second-order valence-corrected chi connectivity index (χ2v) is 9.99. The van der Waals surface area contributed by atoms with Crippen molar-refractivity contribution in [3.63, 3.8) is 0 Å². The molecule has 2 amide bonds. The molecule has 2 aromatic carbocycles. The lowest BCUT2D eigenvalue weighted by Gasteiger charge is -2.09. The van der Waals surface area contributed by atoms with Crippen LogP contribution in [0.1, 0.15) is 51.5 Å². The van der Waals surface area contributed by atoms with E-state index in [2.05, 4.69) is 43.7 Å². The Morgan fingerprint density at radius 2 is 1.85 bits per heavy atom. The SMILES string of the molecule is CCCCCCOc1ccc(NC(=O)CC2S/C(=N\N=C(/C)c3ccc(Br)cc3)NC2=O)cc1. The van der Waals surface area contributed by atoms with E-state index in [0.29, 0.717) is 17.5 Å². The Hall–Kier alpha value is -2.65. The lowest BCUT2D eigenvalue weighted by Crippen LogP contribution is -2.28. The van der Waals surface area contributed by atoms with Crippen molar-refractivity contribution in [2.75, 3.05) is 11.9 Å². The van der Waals surface area contributed by atoms with Gasteiger partial charge in [0.1, 0.15) is 11.0 Å². The van der Waals surface area contributed by atoms with Gasteiger partial charge in [-0.05, 0) is 55.3 Å². The summed E-state index contributed by atoms with van der Waals surface area (Å²) in [4.78, 5) is 24.7. The fourth-order valence-electron chi connectivity index (χ4n) is 3.19. The van der Waals surface area contributed by atoms with E-state index in [1.54, 1.807) is 12.1 Å². The number of unbranched alkanes of at least 4 members (excludes halogenated alkanes) is 3. The summed E-state index contributed by atoms with van der Waals surface area (Å²) in [6, 6.07) is 15.0. The number of nitrogens with one attached hydrogen (secondary N) is 2. The van der Waals surface area contributed by atoms with Crippen molar-refractivity contribution in [1.82, 2.24) is 5.32 Å². The third-order valence-electron chi connectivity index (χ3n) is 5.10. The molecule has 34 heavy (non-hydrogen) atoms. The second kappa shape index (κ2) is 13.3. The van der Waals surface area contributed by atoms with E-state index in [4.69, 9.17) is 4.74 Å². The Morgan fingerprint density at radius 3 is 2.56 bits per heavy atom. The molecular weight excluding hydrogens is 516 g/mol. The molecular formula is C25H29BrN4O3S. The van der Waals surface area contributed by atoms with Crippen LogP contribution in [0.2, 0.25) is 0 Å². The second-order valence-electron chi connectivity index (χ2n) is 7.88. The van der Waals surface area contributed by atoms with Gasteiger partial charge in [-0.15, -0.1) is 5.10 Å². The molecule has 1 fully saturated rings. The van der Waals surface area contributed by atoms with Gasteiger partial charge >= 0.3 is 0 Å². The standard InChI is InChI=1S/C25H29BrN4O3S/c1-3-4-5-6-15-33-21-13-11-20(12-14-21)27-23(31)16-22-24(32)28-25(34-22)30-29-17(2)18-7-9-19(26)10-8-18/h7-14,22H,3-6,15-16H2,1-2H3,(H,27,31)(H,28,30,32)/b29-17+. The van der Waals surface area contributed by atoms with Crippen LogP contribution in [-0.4, -0.2) is 34.6 Å². The van der Waals surface area contributed by atoms with Crippen LogP contribution in [0.4, 0.5) is 5.69 Å². The minimum atomic E-state index is -0.548. The first-order chi connectivity index (χ1) is 16.4. The number of carbonyl (C=O) groups excluding carboxylic acids is 2. The molecule has 7 nitrogen and oxygen atoms in total. The Labute approximate surface area is 213 Å². The van der Waals surface area contributed by atoms with Crippen molar-refractivity contribution in [3.05, 3.63) is 58.6 Å². The summed E-state index contributed by atoms with van der Waals surface area (Å²) >= 11 is 4.61. The van der Waals surface area contributed by atoms with Crippen molar-refractivity contribution in [3.8, 4) is 5.75 Å². The lowest BCUT2D eigenvalue weighted by atomic mass is 10.1. The number of ether oxygens (including phenoxy) is 1. The van der Waals surface area contributed by atoms with Gasteiger partial charge in [0.05, 0.1) is 12.3 Å². The number of nitrogens with zero attached hydrogens (tertiary/aromatic N) is 2. The molecule has 9 heteroatoms. The van der Waals surface area contributed by atoms with Crippen LogP contribution in [0.15, 0.2) is 63.2 Å². The Bertz CT molecular complexity index is 1040. The highest BCUT2D eigenvalue weighted by atomic mass is 79.9. The molecule has 1 heterocycles. The highest BCUT2D eigenvalue weighted by molar-refractivity contribution is 9.10. The number of amides is 2. The minimum absolute atomic E-state index is 0.0423. The Balaban J connectivity index is 1.46. The Morgan fingerprint density at radius 1 is 1.12 bits per heavy atom. The summed E-state index contributed by atoms with van der Waals surface area (Å²) in [7, 11) is 0. The molecule has 1 unspecified atom stereocenters. The van der Waals surface area contributed by atoms with E-state index in [-0.39, 0.29) is 18.2 Å². The van der Waals surface area contributed by atoms with Gasteiger partial charge in [0.25, 0.3) is 0 Å². The molecule has 0 bridgehead atoms. The number of hydrogen-bond acceptors (Lipinski definition) is 6. The molecule has 3 rings (SSSR count). The first kappa shape index (κ1) is 26.0. The van der Waals surface area contributed by atoms with Crippen molar-refractivity contribution in [2.24, 2.45) is 10.2 Å². The number of hydrogen-bond donors (Lipinski definition) is 2. The molecule has 2 aromatic rings. The van der Waals surface area contributed by atoms with Gasteiger partial charge in [0, 0.05) is 16.6 Å². The fourth-order valence-corrected chi connectivity index (χ4v) is 4.37. The first-order valence-corrected chi connectivity index (χ1v) is 13.0. The van der Waals surface area contributed by atoms with E-state index in [0.717, 1.165) is 27.9 Å². The van der Waals surface area contributed by atoms with Gasteiger partial charge in [0.15, 0.2) is 5.17 Å². The van der Waals surface area contributed by atoms with E-state index in [1.165, 1.54) is 31.0 Å². The summed E-state index contributed by atoms with van der Waals surface area (Å²) in [5, 5.41) is 13.7. The number of benzene rings is 2. The van der Waals surface area contributed by atoms with Gasteiger partial charge < -0.3 is 15.4 Å². The highest BCUT2D eigenvalue weighted by Crippen LogP contribution is 2.24. The third-order valence-corrected chi connectivity index (χ3v) is 6.71. The summed E-state index contributed by atoms with van der Waals surface area (Å²) < 4.78 is 6.71. The molecule has 180 valence electrons. The molecule has 1 atom stereocenters. The van der Waals surface area contributed by atoms with Gasteiger partial charge in [-0.2, -0.15) is 5.10 Å². The molecule has 0 spiro atoms. The number of carbonyl (C=O) groups is 2. The van der Waals surface area contributed by atoms with E-state index < -0.39 is 5.25 Å². The number of amidine groups is 1. The molecule has 0 radical (unpaired) electrons. The third kappa shape index (κ3) is 8.29. The van der Waals surface area contributed by atoms with Crippen LogP contribution >= 0.6 is 27.7 Å². The first-order valence-electron chi connectivity index (χ1n) is 11.3. The predicted molar refractivity (Wildman–Crippen MR) is 143 cm³/mol. The molecule has 1 aliphatic heterocycles.